The predicted molar refractivity (Wildman–Crippen MR) is 98.4 cm³/mol. The monoisotopic (exact) mass is 404 g/mol. The third kappa shape index (κ3) is 7.31. The van der Waals surface area contributed by atoms with Crippen LogP contribution in [0.15, 0.2) is 29.3 Å². The fourth-order valence-electron chi connectivity index (χ4n) is 1.66. The Morgan fingerprint density at radius 3 is 2.33 bits per heavy atom. The summed E-state index contributed by atoms with van der Waals surface area (Å²) >= 11 is 0. The van der Waals surface area contributed by atoms with Gasteiger partial charge in [0.25, 0.3) is 5.91 Å². The summed E-state index contributed by atoms with van der Waals surface area (Å²) in [6.45, 7) is 6.50. The fourth-order valence-corrected chi connectivity index (χ4v) is 1.66. The number of carbonyl (C=O) groups is 1. The first kappa shape index (κ1) is 19.7. The molecule has 0 saturated heterocycles. The Hall–Kier alpha value is -1.31. The van der Waals surface area contributed by atoms with Crippen molar-refractivity contribution < 1.29 is 4.79 Å². The lowest BCUT2D eigenvalue weighted by molar-refractivity contribution is 0.0963. The van der Waals surface area contributed by atoms with Crippen molar-refractivity contribution in [3.63, 3.8) is 0 Å². The van der Waals surface area contributed by atoms with E-state index in [4.69, 9.17) is 0 Å². The van der Waals surface area contributed by atoms with E-state index in [-0.39, 0.29) is 29.9 Å². The number of rotatable bonds is 6. The second-order valence-electron chi connectivity index (χ2n) is 4.40. The summed E-state index contributed by atoms with van der Waals surface area (Å²) in [5, 5.41) is 9.06. The predicted octanol–water partition coefficient (Wildman–Crippen LogP) is 2.13. The van der Waals surface area contributed by atoms with Crippen LogP contribution in [-0.4, -0.2) is 32.0 Å². The van der Waals surface area contributed by atoms with E-state index in [9.17, 15) is 4.79 Å². The van der Waals surface area contributed by atoms with E-state index in [1.165, 1.54) is 0 Å². The fraction of sp³-hybridized carbons (Fsp3) is 0.467. The largest absolute Gasteiger partial charge is 0.357 e. The summed E-state index contributed by atoms with van der Waals surface area (Å²) in [5.41, 5.74) is 1.74. The molecule has 0 aliphatic rings. The molecule has 0 aromatic heterocycles. The SMILES string of the molecule is CCCNC(=NCc1ccc(C(=O)NC)cc1)NCC.I. The van der Waals surface area contributed by atoms with Gasteiger partial charge in [0.05, 0.1) is 6.54 Å². The number of hydrogen-bond donors (Lipinski definition) is 3. The molecular weight excluding hydrogens is 379 g/mol. The summed E-state index contributed by atoms with van der Waals surface area (Å²) in [6, 6.07) is 7.49. The molecule has 0 radical (unpaired) electrons. The number of nitrogens with zero attached hydrogens (tertiary/aromatic N) is 1. The smallest absolute Gasteiger partial charge is 0.251 e. The van der Waals surface area contributed by atoms with Crippen LogP contribution in [0, 0.1) is 0 Å². The Labute approximate surface area is 144 Å². The van der Waals surface area contributed by atoms with Gasteiger partial charge in [-0.2, -0.15) is 0 Å². The average molecular weight is 404 g/mol. The van der Waals surface area contributed by atoms with E-state index >= 15 is 0 Å². The van der Waals surface area contributed by atoms with Gasteiger partial charge in [-0.25, -0.2) is 4.99 Å². The molecule has 0 heterocycles. The van der Waals surface area contributed by atoms with Gasteiger partial charge < -0.3 is 16.0 Å². The molecular formula is C15H25IN4O. The van der Waals surface area contributed by atoms with Crippen molar-refractivity contribution in [2.24, 2.45) is 4.99 Å². The van der Waals surface area contributed by atoms with E-state index in [1.54, 1.807) is 7.05 Å². The standard InChI is InChI=1S/C15H24N4O.HI/c1-4-10-18-15(17-5-2)19-11-12-6-8-13(9-7-12)14(20)16-3;/h6-9H,4-5,10-11H2,1-3H3,(H,16,20)(H2,17,18,19);1H. The Kier molecular flexibility index (Phi) is 10.7. The summed E-state index contributed by atoms with van der Waals surface area (Å²) in [4.78, 5) is 15.9. The molecule has 6 heteroatoms. The molecule has 21 heavy (non-hydrogen) atoms. The van der Waals surface area contributed by atoms with Gasteiger partial charge in [-0.1, -0.05) is 19.1 Å². The van der Waals surface area contributed by atoms with Crippen LogP contribution < -0.4 is 16.0 Å². The highest BCUT2D eigenvalue weighted by Crippen LogP contribution is 2.05. The first-order chi connectivity index (χ1) is 9.71. The quantitative estimate of drug-likeness (QED) is 0.387. The Bertz CT molecular complexity index is 445. The number of guanidine groups is 1. The van der Waals surface area contributed by atoms with Crippen LogP contribution in [0.25, 0.3) is 0 Å². The highest BCUT2D eigenvalue weighted by molar-refractivity contribution is 14.0. The van der Waals surface area contributed by atoms with Crippen LogP contribution in [0.1, 0.15) is 36.2 Å². The first-order valence-corrected chi connectivity index (χ1v) is 7.04. The average Bonchev–Trinajstić information content (AvgIpc) is 2.49. The van der Waals surface area contributed by atoms with Crippen LogP contribution in [0.4, 0.5) is 0 Å². The Morgan fingerprint density at radius 2 is 1.81 bits per heavy atom. The lowest BCUT2D eigenvalue weighted by Gasteiger charge is -2.10. The van der Waals surface area contributed by atoms with Crippen LogP contribution >= 0.6 is 24.0 Å². The molecule has 0 unspecified atom stereocenters. The number of carbonyl (C=O) groups excluding carboxylic acids is 1. The second-order valence-corrected chi connectivity index (χ2v) is 4.40. The molecule has 1 amide bonds. The zero-order valence-electron chi connectivity index (χ0n) is 12.9. The van der Waals surface area contributed by atoms with E-state index in [2.05, 4.69) is 27.9 Å². The van der Waals surface area contributed by atoms with E-state index < -0.39 is 0 Å². The second kappa shape index (κ2) is 11.4. The maximum absolute atomic E-state index is 11.4. The van der Waals surface area contributed by atoms with Crippen molar-refractivity contribution >= 4 is 35.8 Å². The normalized spacial score (nSPS) is 10.5. The van der Waals surface area contributed by atoms with Crippen molar-refractivity contribution in [2.75, 3.05) is 20.1 Å². The molecule has 0 atom stereocenters. The lowest BCUT2D eigenvalue weighted by atomic mass is 10.1. The van der Waals surface area contributed by atoms with Crippen molar-refractivity contribution in [1.82, 2.24) is 16.0 Å². The van der Waals surface area contributed by atoms with E-state index in [0.717, 1.165) is 31.0 Å². The van der Waals surface area contributed by atoms with Crippen LogP contribution in [-0.2, 0) is 6.54 Å². The van der Waals surface area contributed by atoms with E-state index in [1.807, 2.05) is 31.2 Å². The van der Waals surface area contributed by atoms with Gasteiger partial charge in [0.15, 0.2) is 5.96 Å². The summed E-state index contributed by atoms with van der Waals surface area (Å²) in [5.74, 6) is 0.753. The third-order valence-electron chi connectivity index (χ3n) is 2.75. The van der Waals surface area contributed by atoms with Gasteiger partial charge in [-0.05, 0) is 31.0 Å². The molecule has 1 aromatic rings. The zero-order valence-corrected chi connectivity index (χ0v) is 15.2. The Morgan fingerprint density at radius 1 is 1.14 bits per heavy atom. The van der Waals surface area contributed by atoms with Gasteiger partial charge in [-0.15, -0.1) is 24.0 Å². The number of hydrogen-bond acceptors (Lipinski definition) is 2. The number of amides is 1. The molecule has 3 N–H and O–H groups in total. The molecule has 0 spiro atoms. The maximum atomic E-state index is 11.4. The van der Waals surface area contributed by atoms with Crippen LogP contribution in [0.5, 0.6) is 0 Å². The molecule has 1 aromatic carbocycles. The number of aliphatic imine (C=N–C) groups is 1. The molecule has 0 fully saturated rings. The van der Waals surface area contributed by atoms with Gasteiger partial charge in [0.1, 0.15) is 0 Å². The highest BCUT2D eigenvalue weighted by Gasteiger charge is 2.02. The van der Waals surface area contributed by atoms with Crippen molar-refractivity contribution in [3.8, 4) is 0 Å². The molecule has 5 nitrogen and oxygen atoms in total. The number of nitrogens with one attached hydrogen (secondary N) is 3. The zero-order chi connectivity index (χ0) is 14.8. The minimum absolute atomic E-state index is 0. The topological polar surface area (TPSA) is 65.5 Å². The minimum Gasteiger partial charge on any atom is -0.357 e. The highest BCUT2D eigenvalue weighted by atomic mass is 127. The molecule has 0 bridgehead atoms. The van der Waals surface area contributed by atoms with Crippen molar-refractivity contribution in [2.45, 2.75) is 26.8 Å². The molecule has 0 aliphatic heterocycles. The van der Waals surface area contributed by atoms with Crippen molar-refractivity contribution in [1.29, 1.82) is 0 Å². The minimum atomic E-state index is -0.0713. The molecule has 0 saturated carbocycles. The van der Waals surface area contributed by atoms with E-state index in [0.29, 0.717) is 12.1 Å². The lowest BCUT2D eigenvalue weighted by Crippen LogP contribution is -2.37. The Balaban J connectivity index is 0.00000400. The van der Waals surface area contributed by atoms with Gasteiger partial charge in [-0.3, -0.25) is 4.79 Å². The number of halogens is 1. The molecule has 0 aliphatic carbocycles. The summed E-state index contributed by atoms with van der Waals surface area (Å²) in [6.07, 6.45) is 1.06. The van der Waals surface area contributed by atoms with Gasteiger partial charge in [0.2, 0.25) is 0 Å². The van der Waals surface area contributed by atoms with Crippen molar-refractivity contribution in [3.05, 3.63) is 35.4 Å². The summed E-state index contributed by atoms with van der Waals surface area (Å²) in [7, 11) is 1.63. The van der Waals surface area contributed by atoms with Gasteiger partial charge >= 0.3 is 0 Å². The van der Waals surface area contributed by atoms with Crippen LogP contribution in [0.3, 0.4) is 0 Å². The maximum Gasteiger partial charge on any atom is 0.251 e. The van der Waals surface area contributed by atoms with Gasteiger partial charge in [0, 0.05) is 25.7 Å². The third-order valence-corrected chi connectivity index (χ3v) is 2.75. The molecule has 1 rings (SSSR count). The number of benzene rings is 1. The summed E-state index contributed by atoms with van der Waals surface area (Å²) < 4.78 is 0. The molecule has 118 valence electrons. The first-order valence-electron chi connectivity index (χ1n) is 7.04. The van der Waals surface area contributed by atoms with Crippen LogP contribution in [0.2, 0.25) is 0 Å².